The molecule has 2 aliphatic rings. The predicted octanol–water partition coefficient (Wildman–Crippen LogP) is 2.20. The highest BCUT2D eigenvalue weighted by atomic mass is 16.5. The first-order valence-corrected chi connectivity index (χ1v) is 6.85. The fraction of sp³-hybridized carbons (Fsp3) is 0.533. The van der Waals surface area contributed by atoms with Crippen LogP contribution in [0.1, 0.15) is 31.7 Å². The lowest BCUT2D eigenvalue weighted by Gasteiger charge is -2.33. The lowest BCUT2D eigenvalue weighted by molar-refractivity contribution is -0.138. The highest BCUT2D eigenvalue weighted by Crippen LogP contribution is 2.51. The number of nitrogens with zero attached hydrogens (tertiary/aromatic N) is 1. The Morgan fingerprint density at radius 1 is 1.47 bits per heavy atom. The molecule has 2 fully saturated rings. The van der Waals surface area contributed by atoms with Gasteiger partial charge in [-0.3, -0.25) is 9.69 Å². The van der Waals surface area contributed by atoms with E-state index in [-0.39, 0.29) is 12.5 Å². The van der Waals surface area contributed by atoms with Crippen molar-refractivity contribution in [2.45, 2.75) is 44.1 Å². The molecule has 4 heteroatoms. The molecule has 1 aromatic carbocycles. The molecule has 1 N–H and O–H groups in total. The van der Waals surface area contributed by atoms with Gasteiger partial charge in [0.25, 0.3) is 0 Å². The van der Waals surface area contributed by atoms with Gasteiger partial charge in [-0.15, -0.1) is 0 Å². The molecule has 2 aliphatic heterocycles. The summed E-state index contributed by atoms with van der Waals surface area (Å²) in [7, 11) is 0. The Balaban J connectivity index is 1.83. The van der Waals surface area contributed by atoms with Crippen molar-refractivity contribution >= 4 is 5.97 Å². The maximum Gasteiger partial charge on any atom is 0.303 e. The summed E-state index contributed by atoms with van der Waals surface area (Å²) in [6, 6.07) is 10.7. The summed E-state index contributed by atoms with van der Waals surface area (Å²) in [6.45, 7) is 3.16. The Morgan fingerprint density at radius 2 is 2.21 bits per heavy atom. The van der Waals surface area contributed by atoms with Gasteiger partial charge in [0, 0.05) is 13.0 Å². The van der Waals surface area contributed by atoms with Crippen LogP contribution in [0.4, 0.5) is 0 Å². The standard InChI is InChI=1S/C15H19NO3/c1-11-13-10-16(13)15(19-11,9-5-8-14(17)18)12-6-3-2-4-7-12/h2-4,6-7,11,13H,5,8-10H2,1H3,(H,17,18)/t11-,13?,15+,16?/m0/s1. The number of fused-ring (bicyclic) bond motifs is 1. The molecule has 0 bridgehead atoms. The van der Waals surface area contributed by atoms with Gasteiger partial charge in [-0.2, -0.15) is 0 Å². The molecule has 2 unspecified atom stereocenters. The van der Waals surface area contributed by atoms with Crippen molar-refractivity contribution < 1.29 is 14.6 Å². The number of aliphatic carboxylic acids is 1. The zero-order valence-corrected chi connectivity index (χ0v) is 11.1. The summed E-state index contributed by atoms with van der Waals surface area (Å²) in [4.78, 5) is 13.1. The van der Waals surface area contributed by atoms with Crippen molar-refractivity contribution in [3.05, 3.63) is 35.9 Å². The minimum atomic E-state index is -0.739. The fourth-order valence-corrected chi connectivity index (χ4v) is 3.18. The highest BCUT2D eigenvalue weighted by molar-refractivity contribution is 5.66. The SMILES string of the molecule is C[C@@H]1O[C@](CCCC(=O)O)(c2ccccc2)N2CC12. The summed E-state index contributed by atoms with van der Waals surface area (Å²) < 4.78 is 6.21. The molecule has 1 aromatic rings. The number of ether oxygens (including phenoxy) is 1. The van der Waals surface area contributed by atoms with Gasteiger partial charge in [0.2, 0.25) is 0 Å². The largest absolute Gasteiger partial charge is 0.481 e. The number of carbonyl (C=O) groups is 1. The molecular formula is C15H19NO3. The Morgan fingerprint density at radius 3 is 2.74 bits per heavy atom. The molecule has 0 amide bonds. The third kappa shape index (κ3) is 2.15. The molecule has 0 aliphatic carbocycles. The zero-order chi connectivity index (χ0) is 13.5. The molecule has 102 valence electrons. The van der Waals surface area contributed by atoms with Crippen LogP contribution in [0.25, 0.3) is 0 Å². The first-order valence-electron chi connectivity index (χ1n) is 6.85. The molecular weight excluding hydrogens is 242 g/mol. The molecule has 0 radical (unpaired) electrons. The van der Waals surface area contributed by atoms with Crippen molar-refractivity contribution in [3.8, 4) is 0 Å². The number of benzene rings is 1. The number of hydrogen-bond donors (Lipinski definition) is 1. The second-order valence-electron chi connectivity index (χ2n) is 5.44. The van der Waals surface area contributed by atoms with Gasteiger partial charge in [-0.1, -0.05) is 30.3 Å². The summed E-state index contributed by atoms with van der Waals surface area (Å²) in [6.07, 6.45) is 1.81. The maximum absolute atomic E-state index is 10.7. The molecule has 2 saturated heterocycles. The quantitative estimate of drug-likeness (QED) is 0.825. The van der Waals surface area contributed by atoms with E-state index >= 15 is 0 Å². The Hall–Kier alpha value is -1.39. The van der Waals surface area contributed by atoms with Crippen LogP contribution in [0, 0.1) is 0 Å². The Labute approximate surface area is 113 Å². The van der Waals surface area contributed by atoms with Crippen molar-refractivity contribution in [2.75, 3.05) is 6.54 Å². The predicted molar refractivity (Wildman–Crippen MR) is 70.6 cm³/mol. The first-order chi connectivity index (χ1) is 9.13. The highest BCUT2D eigenvalue weighted by Gasteiger charge is 2.60. The van der Waals surface area contributed by atoms with Crippen molar-refractivity contribution in [2.24, 2.45) is 0 Å². The van der Waals surface area contributed by atoms with Crippen LogP contribution in [-0.2, 0) is 15.3 Å². The van der Waals surface area contributed by atoms with Gasteiger partial charge < -0.3 is 9.84 Å². The Bertz CT molecular complexity index is 476. The van der Waals surface area contributed by atoms with Crippen LogP contribution in [-0.4, -0.2) is 34.7 Å². The van der Waals surface area contributed by atoms with Crippen LogP contribution in [0.5, 0.6) is 0 Å². The summed E-state index contributed by atoms with van der Waals surface area (Å²) >= 11 is 0. The molecule has 4 nitrogen and oxygen atoms in total. The van der Waals surface area contributed by atoms with E-state index in [9.17, 15) is 4.79 Å². The van der Waals surface area contributed by atoms with E-state index in [1.165, 1.54) is 0 Å². The van der Waals surface area contributed by atoms with Gasteiger partial charge in [0.1, 0.15) is 5.72 Å². The van der Waals surface area contributed by atoms with Crippen LogP contribution < -0.4 is 0 Å². The number of rotatable bonds is 5. The number of hydrogen-bond acceptors (Lipinski definition) is 3. The average Bonchev–Trinajstić information content (AvgIpc) is 3.14. The summed E-state index contributed by atoms with van der Waals surface area (Å²) in [5.74, 6) is -0.739. The zero-order valence-electron chi connectivity index (χ0n) is 11.1. The molecule has 19 heavy (non-hydrogen) atoms. The van der Waals surface area contributed by atoms with Crippen LogP contribution >= 0.6 is 0 Å². The van der Waals surface area contributed by atoms with Gasteiger partial charge >= 0.3 is 5.97 Å². The van der Waals surface area contributed by atoms with E-state index < -0.39 is 11.7 Å². The van der Waals surface area contributed by atoms with E-state index in [0.717, 1.165) is 18.5 Å². The molecule has 0 spiro atoms. The minimum absolute atomic E-state index is 0.199. The van der Waals surface area contributed by atoms with Gasteiger partial charge in [0.05, 0.1) is 12.1 Å². The van der Waals surface area contributed by atoms with Gasteiger partial charge in [-0.05, 0) is 25.3 Å². The second kappa shape index (κ2) is 4.62. The van der Waals surface area contributed by atoms with E-state index in [1.807, 2.05) is 18.2 Å². The molecule has 0 saturated carbocycles. The second-order valence-corrected chi connectivity index (χ2v) is 5.44. The first kappa shape index (κ1) is 12.6. The van der Waals surface area contributed by atoms with Crippen LogP contribution in [0.15, 0.2) is 30.3 Å². The lowest BCUT2D eigenvalue weighted by atomic mass is 9.96. The topological polar surface area (TPSA) is 49.5 Å². The average molecular weight is 261 g/mol. The van der Waals surface area contributed by atoms with Gasteiger partial charge in [-0.25, -0.2) is 0 Å². The monoisotopic (exact) mass is 261 g/mol. The summed E-state index contributed by atoms with van der Waals surface area (Å²) in [5.41, 5.74) is 0.744. The van der Waals surface area contributed by atoms with Crippen LogP contribution in [0.2, 0.25) is 0 Å². The molecule has 3 rings (SSSR count). The molecule has 0 aromatic heterocycles. The third-order valence-corrected chi connectivity index (χ3v) is 4.17. The molecule has 2 heterocycles. The Kier molecular flexibility index (Phi) is 3.07. The van der Waals surface area contributed by atoms with E-state index in [4.69, 9.17) is 9.84 Å². The number of carboxylic acids is 1. The van der Waals surface area contributed by atoms with E-state index in [2.05, 4.69) is 24.0 Å². The van der Waals surface area contributed by atoms with Gasteiger partial charge in [0.15, 0.2) is 0 Å². The normalized spacial score (nSPS) is 35.9. The molecule has 4 atom stereocenters. The van der Waals surface area contributed by atoms with Crippen molar-refractivity contribution in [1.82, 2.24) is 4.90 Å². The number of carboxylic acid groups (broad SMARTS) is 1. The smallest absolute Gasteiger partial charge is 0.303 e. The lowest BCUT2D eigenvalue weighted by Crippen LogP contribution is -2.35. The fourth-order valence-electron chi connectivity index (χ4n) is 3.18. The minimum Gasteiger partial charge on any atom is -0.481 e. The van der Waals surface area contributed by atoms with E-state index in [1.54, 1.807) is 0 Å². The van der Waals surface area contributed by atoms with Crippen molar-refractivity contribution in [3.63, 3.8) is 0 Å². The van der Waals surface area contributed by atoms with Crippen molar-refractivity contribution in [1.29, 1.82) is 0 Å². The third-order valence-electron chi connectivity index (χ3n) is 4.17. The maximum atomic E-state index is 10.7. The van der Waals surface area contributed by atoms with E-state index in [0.29, 0.717) is 12.5 Å². The summed E-state index contributed by atoms with van der Waals surface area (Å²) in [5, 5.41) is 8.82. The van der Waals surface area contributed by atoms with Crippen LogP contribution in [0.3, 0.4) is 0 Å².